The van der Waals surface area contributed by atoms with Gasteiger partial charge in [0, 0.05) is 23.0 Å². The molecule has 1 aliphatic heterocycles. The average molecular weight is 524 g/mol. The summed E-state index contributed by atoms with van der Waals surface area (Å²) in [6.45, 7) is 3.62. The minimum absolute atomic E-state index is 0.0142. The van der Waals surface area contributed by atoms with Crippen molar-refractivity contribution in [2.24, 2.45) is 0 Å². The minimum atomic E-state index is -0.740. The van der Waals surface area contributed by atoms with E-state index >= 15 is 0 Å². The van der Waals surface area contributed by atoms with Crippen LogP contribution >= 0.6 is 15.9 Å². The Kier molecular flexibility index (Phi) is 7.47. The standard InChI is InChI=1S/C26H26BrN3O4/c1-2-15-34-21-9-7-18(8-10-21)24(31)22-23(19-5-3-6-20(27)16-19)30(26(33)25(22)32)13-4-12-29-14-11-28-17-29/h3,5-11,14,16-17,23H,2,4,12-13,15H2,1H3,(H,31,32). The van der Waals surface area contributed by atoms with Crippen LogP contribution in [0.25, 0.3) is 5.76 Å². The van der Waals surface area contributed by atoms with Gasteiger partial charge in [-0.05, 0) is 41.8 Å². The molecule has 1 N–H and O–H groups in total. The number of amides is 1. The first-order valence-electron chi connectivity index (χ1n) is 11.3. The summed E-state index contributed by atoms with van der Waals surface area (Å²) in [4.78, 5) is 30.6. The molecule has 1 fully saturated rings. The number of hydrogen-bond acceptors (Lipinski definition) is 4. The maximum atomic E-state index is 13.5. The molecule has 1 aliphatic rings. The third-order valence-corrected chi connectivity index (χ3v) is 6.19. The van der Waals surface area contributed by atoms with E-state index in [1.807, 2.05) is 54.5 Å². The molecule has 1 amide bonds. The van der Waals surface area contributed by atoms with E-state index < -0.39 is 23.5 Å². The number of aromatic nitrogens is 2. The molecule has 1 atom stereocenters. The summed E-state index contributed by atoms with van der Waals surface area (Å²) in [6, 6.07) is 13.4. The number of carbonyl (C=O) groups is 2. The van der Waals surface area contributed by atoms with Gasteiger partial charge in [0.15, 0.2) is 0 Å². The van der Waals surface area contributed by atoms with E-state index in [-0.39, 0.29) is 5.57 Å². The Balaban J connectivity index is 1.68. The number of aromatic amines is 1. The Morgan fingerprint density at radius 3 is 2.68 bits per heavy atom. The summed E-state index contributed by atoms with van der Waals surface area (Å²) in [7, 11) is 0. The Morgan fingerprint density at radius 1 is 1.21 bits per heavy atom. The van der Waals surface area contributed by atoms with Gasteiger partial charge in [-0.3, -0.25) is 14.6 Å². The number of nitrogens with zero attached hydrogens (tertiary/aromatic N) is 2. The highest BCUT2D eigenvalue weighted by atomic mass is 79.9. The molecule has 0 saturated carbocycles. The number of nitrogens with one attached hydrogen (secondary N) is 1. The van der Waals surface area contributed by atoms with Crippen LogP contribution in [0.3, 0.4) is 0 Å². The molecule has 0 bridgehead atoms. The number of hydrogen-bond donors (Lipinski definition) is 1. The van der Waals surface area contributed by atoms with Crippen molar-refractivity contribution >= 4 is 33.4 Å². The van der Waals surface area contributed by atoms with E-state index in [2.05, 4.69) is 20.9 Å². The Labute approximate surface area is 206 Å². The van der Waals surface area contributed by atoms with Crippen LogP contribution in [0, 0.1) is 0 Å². The van der Waals surface area contributed by atoms with Gasteiger partial charge in [-0.15, -0.1) is 0 Å². The van der Waals surface area contributed by atoms with Crippen molar-refractivity contribution in [3.05, 3.63) is 88.4 Å². The Bertz CT molecular complexity index is 1190. The van der Waals surface area contributed by atoms with E-state index in [9.17, 15) is 14.7 Å². The number of H-pyrrole nitrogens is 1. The lowest BCUT2D eigenvalue weighted by molar-refractivity contribution is -0.695. The first kappa shape index (κ1) is 23.8. The summed E-state index contributed by atoms with van der Waals surface area (Å²) in [5.74, 6) is -1.16. The van der Waals surface area contributed by atoms with Crippen LogP contribution in [0.4, 0.5) is 0 Å². The van der Waals surface area contributed by atoms with Crippen LogP contribution in [0.5, 0.6) is 5.75 Å². The van der Waals surface area contributed by atoms with Gasteiger partial charge in [-0.2, -0.15) is 0 Å². The monoisotopic (exact) mass is 523 g/mol. The van der Waals surface area contributed by atoms with Gasteiger partial charge in [-0.1, -0.05) is 52.9 Å². The molecule has 34 heavy (non-hydrogen) atoms. The quantitative estimate of drug-likeness (QED) is 0.202. The molecular formula is C26H26BrN3O4. The third-order valence-electron chi connectivity index (χ3n) is 5.70. The highest BCUT2D eigenvalue weighted by Crippen LogP contribution is 2.39. The Hall–Kier alpha value is -3.39. The van der Waals surface area contributed by atoms with Crippen LogP contribution in [0.2, 0.25) is 0 Å². The SMILES string of the molecule is CCCOc1ccc(/C([O-])=C2\C(=O)C(=O)N(CCC[n+]3cc[nH]c3)C2c2cccc(Br)c2)cc1. The van der Waals surface area contributed by atoms with Crippen LogP contribution in [0.15, 0.2) is 77.3 Å². The van der Waals surface area contributed by atoms with E-state index in [1.165, 1.54) is 4.90 Å². The van der Waals surface area contributed by atoms with Crippen molar-refractivity contribution in [1.82, 2.24) is 9.88 Å². The second kappa shape index (κ2) is 10.7. The number of halogens is 1. The molecular weight excluding hydrogens is 498 g/mol. The van der Waals surface area contributed by atoms with Crippen molar-refractivity contribution < 1.29 is 24.0 Å². The number of imidazole rings is 1. The zero-order valence-electron chi connectivity index (χ0n) is 18.9. The molecule has 8 heteroatoms. The van der Waals surface area contributed by atoms with Crippen LogP contribution < -0.4 is 14.4 Å². The number of carbonyl (C=O) groups excluding carboxylic acids is 2. The van der Waals surface area contributed by atoms with Gasteiger partial charge in [0.2, 0.25) is 12.1 Å². The first-order valence-corrected chi connectivity index (χ1v) is 12.1. The van der Waals surface area contributed by atoms with E-state index in [1.54, 1.807) is 24.3 Å². The molecule has 0 aliphatic carbocycles. The summed E-state index contributed by atoms with van der Waals surface area (Å²) in [6.07, 6.45) is 7.06. The van der Waals surface area contributed by atoms with Gasteiger partial charge in [-0.25, -0.2) is 4.57 Å². The molecule has 3 aromatic rings. The topological polar surface area (TPSA) is 89.3 Å². The van der Waals surface area contributed by atoms with Crippen LogP contribution in [-0.4, -0.2) is 34.7 Å². The molecule has 2 aromatic carbocycles. The van der Waals surface area contributed by atoms with Gasteiger partial charge >= 0.3 is 0 Å². The number of benzene rings is 2. The predicted octanol–water partition coefficient (Wildman–Crippen LogP) is 3.17. The smallest absolute Gasteiger partial charge is 0.295 e. The van der Waals surface area contributed by atoms with Crippen molar-refractivity contribution in [1.29, 1.82) is 0 Å². The molecule has 2 heterocycles. The number of likely N-dealkylation sites (tertiary alicyclic amines) is 1. The fraction of sp³-hybridized carbons (Fsp3) is 0.269. The molecule has 1 saturated heterocycles. The molecule has 176 valence electrons. The number of aryl methyl sites for hydroxylation is 1. The molecule has 1 aromatic heterocycles. The lowest BCUT2D eigenvalue weighted by Crippen LogP contribution is -2.36. The number of Topliss-reactive ketones (excluding diaryl/α,β-unsaturated/α-hetero) is 1. The molecule has 0 radical (unpaired) electrons. The zero-order valence-corrected chi connectivity index (χ0v) is 20.5. The summed E-state index contributed by atoms with van der Waals surface area (Å²) >= 11 is 3.47. The lowest BCUT2D eigenvalue weighted by Gasteiger charge is -2.27. The number of rotatable bonds is 9. The fourth-order valence-electron chi connectivity index (χ4n) is 4.09. The Morgan fingerprint density at radius 2 is 2.00 bits per heavy atom. The predicted molar refractivity (Wildman–Crippen MR) is 128 cm³/mol. The van der Waals surface area contributed by atoms with Crippen molar-refractivity contribution in [2.45, 2.75) is 32.4 Å². The summed E-state index contributed by atoms with van der Waals surface area (Å²) in [5.41, 5.74) is 1.05. The molecule has 0 spiro atoms. The van der Waals surface area contributed by atoms with Gasteiger partial charge in [0.25, 0.3) is 5.91 Å². The zero-order chi connectivity index (χ0) is 24.1. The fourth-order valence-corrected chi connectivity index (χ4v) is 4.50. The van der Waals surface area contributed by atoms with E-state index in [4.69, 9.17) is 4.74 Å². The van der Waals surface area contributed by atoms with E-state index in [0.717, 1.165) is 10.9 Å². The summed E-state index contributed by atoms with van der Waals surface area (Å²) in [5, 5.41) is 13.5. The summed E-state index contributed by atoms with van der Waals surface area (Å²) < 4.78 is 8.37. The van der Waals surface area contributed by atoms with Crippen molar-refractivity contribution in [2.75, 3.05) is 13.2 Å². The maximum Gasteiger partial charge on any atom is 0.295 e. The maximum absolute atomic E-state index is 13.5. The second-order valence-corrected chi connectivity index (χ2v) is 9.02. The van der Waals surface area contributed by atoms with E-state index in [0.29, 0.717) is 43.0 Å². The third kappa shape index (κ3) is 5.07. The normalized spacial score (nSPS) is 17.4. The second-order valence-electron chi connectivity index (χ2n) is 8.10. The van der Waals surface area contributed by atoms with Crippen LogP contribution in [-0.2, 0) is 16.1 Å². The number of ether oxygens (including phenoxy) is 1. The number of ketones is 1. The first-order chi connectivity index (χ1) is 16.5. The van der Waals surface area contributed by atoms with Crippen molar-refractivity contribution in [3.8, 4) is 5.75 Å². The largest absolute Gasteiger partial charge is 0.872 e. The molecule has 7 nitrogen and oxygen atoms in total. The average Bonchev–Trinajstić information content (AvgIpc) is 3.45. The molecule has 4 rings (SSSR count). The molecule has 1 unspecified atom stereocenters. The highest BCUT2D eigenvalue weighted by molar-refractivity contribution is 9.10. The minimum Gasteiger partial charge on any atom is -0.872 e. The van der Waals surface area contributed by atoms with Gasteiger partial charge in [0.1, 0.15) is 18.1 Å². The highest BCUT2D eigenvalue weighted by Gasteiger charge is 2.43. The van der Waals surface area contributed by atoms with Crippen LogP contribution in [0.1, 0.15) is 36.9 Å². The van der Waals surface area contributed by atoms with Gasteiger partial charge < -0.3 is 14.7 Å². The van der Waals surface area contributed by atoms with Crippen molar-refractivity contribution in [3.63, 3.8) is 0 Å². The van der Waals surface area contributed by atoms with Gasteiger partial charge in [0.05, 0.1) is 19.2 Å². The lowest BCUT2D eigenvalue weighted by atomic mass is 9.95.